The van der Waals surface area contributed by atoms with E-state index in [9.17, 15) is 4.39 Å². The van der Waals surface area contributed by atoms with Crippen molar-refractivity contribution in [3.8, 4) is 0 Å². The molecule has 0 atom stereocenters. The lowest BCUT2D eigenvalue weighted by molar-refractivity contribution is 0.461. The Labute approximate surface area is 87.1 Å². The molecule has 0 saturated heterocycles. The smallest absolute Gasteiger partial charge is 0.198 e. The van der Waals surface area contributed by atoms with Crippen molar-refractivity contribution in [3.05, 3.63) is 29.9 Å². The van der Waals surface area contributed by atoms with E-state index in [-0.39, 0.29) is 5.82 Å². The number of para-hydroxylation sites is 1. The topological polar surface area (TPSA) is 26.0 Å². The van der Waals surface area contributed by atoms with Crippen molar-refractivity contribution < 1.29 is 8.81 Å². The van der Waals surface area contributed by atoms with Crippen LogP contribution in [0.3, 0.4) is 0 Å². The van der Waals surface area contributed by atoms with E-state index < -0.39 is 0 Å². The van der Waals surface area contributed by atoms with Crippen molar-refractivity contribution in [1.29, 1.82) is 0 Å². The molecular formula is C12H12FNO. The third kappa shape index (κ3) is 1.42. The van der Waals surface area contributed by atoms with Crippen LogP contribution in [0.5, 0.6) is 0 Å². The summed E-state index contributed by atoms with van der Waals surface area (Å²) in [5.74, 6) is 0.800. The Bertz CT molecular complexity index is 485. The van der Waals surface area contributed by atoms with Crippen LogP contribution in [0, 0.1) is 5.82 Å². The van der Waals surface area contributed by atoms with Crippen LogP contribution in [0.15, 0.2) is 22.6 Å². The Morgan fingerprint density at radius 3 is 2.80 bits per heavy atom. The molecular weight excluding hydrogens is 193 g/mol. The van der Waals surface area contributed by atoms with Gasteiger partial charge in [0.25, 0.3) is 0 Å². The minimum atomic E-state index is -0.316. The summed E-state index contributed by atoms with van der Waals surface area (Å²) >= 11 is 0. The normalized spacial score (nSPS) is 17.7. The van der Waals surface area contributed by atoms with Crippen molar-refractivity contribution in [3.63, 3.8) is 0 Å². The summed E-state index contributed by atoms with van der Waals surface area (Å²) in [7, 11) is 0. The van der Waals surface area contributed by atoms with Crippen LogP contribution in [0.2, 0.25) is 0 Å². The Balaban J connectivity index is 2.09. The van der Waals surface area contributed by atoms with Gasteiger partial charge in [-0.2, -0.15) is 0 Å². The number of oxazole rings is 1. The molecule has 1 aliphatic rings. The molecule has 2 aromatic rings. The van der Waals surface area contributed by atoms with Crippen LogP contribution in [0.1, 0.15) is 37.5 Å². The Morgan fingerprint density at radius 2 is 2.07 bits per heavy atom. The van der Waals surface area contributed by atoms with Crippen molar-refractivity contribution in [2.24, 2.45) is 0 Å². The first-order chi connectivity index (χ1) is 7.34. The average Bonchev–Trinajstić information content (AvgIpc) is 2.86. The van der Waals surface area contributed by atoms with Gasteiger partial charge in [-0.15, -0.1) is 0 Å². The van der Waals surface area contributed by atoms with Gasteiger partial charge in [-0.1, -0.05) is 18.9 Å². The molecule has 1 aromatic carbocycles. The third-order valence-corrected chi connectivity index (χ3v) is 3.09. The van der Waals surface area contributed by atoms with Crippen molar-refractivity contribution in [2.45, 2.75) is 31.6 Å². The number of hydrogen-bond donors (Lipinski definition) is 0. The minimum Gasteiger partial charge on any atom is -0.437 e. The molecule has 3 rings (SSSR count). The van der Waals surface area contributed by atoms with E-state index in [1.807, 2.05) is 0 Å². The molecule has 0 unspecified atom stereocenters. The summed E-state index contributed by atoms with van der Waals surface area (Å²) in [6.45, 7) is 0. The van der Waals surface area contributed by atoms with Gasteiger partial charge in [0.15, 0.2) is 17.3 Å². The summed E-state index contributed by atoms with van der Waals surface area (Å²) in [6, 6.07) is 4.87. The molecule has 0 amide bonds. The highest BCUT2D eigenvalue weighted by molar-refractivity contribution is 5.73. The molecule has 3 heteroatoms. The van der Waals surface area contributed by atoms with Crippen molar-refractivity contribution >= 4 is 11.1 Å². The van der Waals surface area contributed by atoms with Crippen LogP contribution in [-0.4, -0.2) is 4.98 Å². The molecule has 1 saturated carbocycles. The average molecular weight is 205 g/mol. The second-order valence-electron chi connectivity index (χ2n) is 4.12. The van der Waals surface area contributed by atoms with Crippen molar-refractivity contribution in [1.82, 2.24) is 4.98 Å². The van der Waals surface area contributed by atoms with Gasteiger partial charge in [0.2, 0.25) is 0 Å². The quantitative estimate of drug-likeness (QED) is 0.710. The summed E-state index contributed by atoms with van der Waals surface area (Å²) < 4.78 is 18.8. The number of benzene rings is 1. The predicted molar refractivity (Wildman–Crippen MR) is 55.2 cm³/mol. The number of aromatic nitrogens is 1. The van der Waals surface area contributed by atoms with Gasteiger partial charge in [0.1, 0.15) is 5.52 Å². The van der Waals surface area contributed by atoms with Gasteiger partial charge in [-0.05, 0) is 25.0 Å². The van der Waals surface area contributed by atoms with Crippen LogP contribution < -0.4 is 0 Å². The fraction of sp³-hybridized carbons (Fsp3) is 0.417. The molecule has 1 aromatic heterocycles. The lowest BCUT2D eigenvalue weighted by atomic mass is 10.1. The van der Waals surface area contributed by atoms with Gasteiger partial charge in [-0.25, -0.2) is 9.37 Å². The predicted octanol–water partition coefficient (Wildman–Crippen LogP) is 3.62. The van der Waals surface area contributed by atoms with E-state index >= 15 is 0 Å². The summed E-state index contributed by atoms with van der Waals surface area (Å²) in [6.07, 6.45) is 4.70. The maximum atomic E-state index is 13.4. The zero-order valence-electron chi connectivity index (χ0n) is 8.37. The fourth-order valence-corrected chi connectivity index (χ4v) is 2.28. The number of nitrogens with zero attached hydrogens (tertiary/aromatic N) is 1. The largest absolute Gasteiger partial charge is 0.437 e. The standard InChI is InChI=1S/C12H12FNO/c13-9-6-3-7-10-11(9)15-12(14-10)8-4-1-2-5-8/h3,6-8H,1-2,4-5H2. The first-order valence-electron chi connectivity index (χ1n) is 5.39. The summed E-state index contributed by atoms with van der Waals surface area (Å²) in [5.41, 5.74) is 0.941. The van der Waals surface area contributed by atoms with Crippen molar-refractivity contribution in [2.75, 3.05) is 0 Å². The maximum absolute atomic E-state index is 13.4. The molecule has 1 aliphatic carbocycles. The van der Waals surface area contributed by atoms with Gasteiger partial charge in [0, 0.05) is 5.92 Å². The molecule has 78 valence electrons. The molecule has 0 radical (unpaired) electrons. The zero-order chi connectivity index (χ0) is 10.3. The van der Waals surface area contributed by atoms with Gasteiger partial charge >= 0.3 is 0 Å². The lowest BCUT2D eigenvalue weighted by Gasteiger charge is -2.00. The van der Waals surface area contributed by atoms with E-state index in [4.69, 9.17) is 4.42 Å². The highest BCUT2D eigenvalue weighted by atomic mass is 19.1. The van der Waals surface area contributed by atoms with Crippen LogP contribution in [0.4, 0.5) is 4.39 Å². The molecule has 0 bridgehead atoms. The Hall–Kier alpha value is -1.38. The number of hydrogen-bond acceptors (Lipinski definition) is 2. The Kier molecular flexibility index (Phi) is 1.97. The number of halogens is 1. The lowest BCUT2D eigenvalue weighted by Crippen LogP contribution is -1.90. The molecule has 2 nitrogen and oxygen atoms in total. The SMILES string of the molecule is Fc1cccc2nc(C3CCCC3)oc12. The van der Waals surface area contributed by atoms with E-state index in [0.717, 1.165) is 12.8 Å². The highest BCUT2D eigenvalue weighted by Gasteiger charge is 2.22. The van der Waals surface area contributed by atoms with E-state index in [1.54, 1.807) is 12.1 Å². The van der Waals surface area contributed by atoms with E-state index in [1.165, 1.54) is 18.9 Å². The third-order valence-electron chi connectivity index (χ3n) is 3.09. The minimum absolute atomic E-state index is 0.305. The second kappa shape index (κ2) is 3.33. The van der Waals surface area contributed by atoms with E-state index in [2.05, 4.69) is 4.98 Å². The highest BCUT2D eigenvalue weighted by Crippen LogP contribution is 2.35. The number of fused-ring (bicyclic) bond motifs is 1. The van der Waals surface area contributed by atoms with Gasteiger partial charge in [0.05, 0.1) is 0 Å². The second-order valence-corrected chi connectivity index (χ2v) is 4.12. The van der Waals surface area contributed by atoms with E-state index in [0.29, 0.717) is 22.9 Å². The molecule has 0 spiro atoms. The van der Waals surface area contributed by atoms with Crippen LogP contribution in [-0.2, 0) is 0 Å². The molecule has 0 N–H and O–H groups in total. The Morgan fingerprint density at radius 1 is 1.27 bits per heavy atom. The number of rotatable bonds is 1. The first-order valence-corrected chi connectivity index (χ1v) is 5.39. The summed E-state index contributed by atoms with van der Waals surface area (Å²) in [4.78, 5) is 4.35. The van der Waals surface area contributed by atoms with Gasteiger partial charge in [-0.3, -0.25) is 0 Å². The maximum Gasteiger partial charge on any atom is 0.198 e. The molecule has 1 heterocycles. The molecule has 15 heavy (non-hydrogen) atoms. The monoisotopic (exact) mass is 205 g/mol. The summed E-state index contributed by atoms with van der Waals surface area (Å²) in [5, 5.41) is 0. The fourth-order valence-electron chi connectivity index (χ4n) is 2.28. The van der Waals surface area contributed by atoms with Crippen LogP contribution >= 0.6 is 0 Å². The van der Waals surface area contributed by atoms with Gasteiger partial charge < -0.3 is 4.42 Å². The first kappa shape index (κ1) is 8.89. The molecule has 1 fully saturated rings. The zero-order valence-corrected chi connectivity index (χ0v) is 8.37. The molecule has 0 aliphatic heterocycles. The van der Waals surface area contributed by atoms with Crippen LogP contribution in [0.25, 0.3) is 11.1 Å².